The molecule has 1 aromatic heterocycles. The monoisotopic (exact) mass is 387 g/mol. The Bertz CT molecular complexity index is 548. The molecule has 1 aromatic rings. The van der Waals surface area contributed by atoms with E-state index in [1.807, 2.05) is 0 Å². The van der Waals surface area contributed by atoms with Gasteiger partial charge in [0.1, 0.15) is 10.6 Å². The Labute approximate surface area is 148 Å². The summed E-state index contributed by atoms with van der Waals surface area (Å²) in [5.74, 6) is -0.294. The predicted molar refractivity (Wildman–Crippen MR) is 87.4 cm³/mol. The van der Waals surface area contributed by atoms with E-state index in [9.17, 15) is 18.0 Å². The first-order valence-electron chi connectivity index (χ1n) is 7.42. The summed E-state index contributed by atoms with van der Waals surface area (Å²) in [6.45, 7) is 3.11. The molecule has 10 heteroatoms. The average Bonchev–Trinajstić information content (AvgIpc) is 3.03. The van der Waals surface area contributed by atoms with Gasteiger partial charge in [-0.1, -0.05) is 6.92 Å². The summed E-state index contributed by atoms with van der Waals surface area (Å²) < 4.78 is 43.4. The Morgan fingerprint density at radius 1 is 1.50 bits per heavy atom. The predicted octanol–water partition coefficient (Wildman–Crippen LogP) is 2.92. The van der Waals surface area contributed by atoms with Crippen LogP contribution in [0.1, 0.15) is 42.9 Å². The maximum Gasteiger partial charge on any atom is 0.434 e. The molecule has 1 aliphatic rings. The summed E-state index contributed by atoms with van der Waals surface area (Å²) in [5.41, 5.74) is -1.85. The highest BCUT2D eigenvalue weighted by Gasteiger charge is 2.41. The topological polar surface area (TPSA) is 63.2 Å². The molecule has 0 aromatic carbocycles. The number of piperidine rings is 1. The normalized spacial score (nSPS) is 18.5. The first-order chi connectivity index (χ1) is 10.8. The lowest BCUT2D eigenvalue weighted by Gasteiger charge is -2.35. The number of hydrogen-bond acceptors (Lipinski definition) is 5. The van der Waals surface area contributed by atoms with E-state index in [1.165, 1.54) is 7.11 Å². The highest BCUT2D eigenvalue weighted by atomic mass is 35.5. The third kappa shape index (κ3) is 4.59. The summed E-state index contributed by atoms with van der Waals surface area (Å²) >= 11 is 0.905. The fourth-order valence-corrected chi connectivity index (χ4v) is 3.52. The molecule has 5 nitrogen and oxygen atoms in total. The minimum absolute atomic E-state index is 0. The van der Waals surface area contributed by atoms with Crippen molar-refractivity contribution in [3.8, 4) is 0 Å². The van der Waals surface area contributed by atoms with Crippen molar-refractivity contribution in [2.45, 2.75) is 44.0 Å². The van der Waals surface area contributed by atoms with Crippen molar-refractivity contribution in [2.75, 3.05) is 20.2 Å². The first-order valence-corrected chi connectivity index (χ1v) is 8.30. The van der Waals surface area contributed by atoms with Gasteiger partial charge in [0.05, 0.1) is 6.04 Å². The van der Waals surface area contributed by atoms with Gasteiger partial charge in [0.15, 0.2) is 5.69 Å². The number of amides is 1. The zero-order chi connectivity index (χ0) is 17.1. The number of thiazole rings is 1. The van der Waals surface area contributed by atoms with E-state index in [4.69, 9.17) is 4.74 Å². The summed E-state index contributed by atoms with van der Waals surface area (Å²) in [7, 11) is 1.48. The van der Waals surface area contributed by atoms with E-state index in [0.29, 0.717) is 32.4 Å². The van der Waals surface area contributed by atoms with Gasteiger partial charge >= 0.3 is 6.18 Å². The van der Waals surface area contributed by atoms with Crippen LogP contribution in [0, 0.1) is 0 Å². The van der Waals surface area contributed by atoms with E-state index >= 15 is 0 Å². The number of carbonyl (C=O) groups is 1. The molecule has 2 heterocycles. The number of nitrogens with zero attached hydrogens (tertiary/aromatic N) is 1. The van der Waals surface area contributed by atoms with Crippen LogP contribution >= 0.6 is 23.7 Å². The number of methoxy groups -OCH3 is 1. The van der Waals surface area contributed by atoms with Crippen molar-refractivity contribution in [1.82, 2.24) is 15.6 Å². The van der Waals surface area contributed by atoms with Crippen LogP contribution in [0.2, 0.25) is 0 Å². The summed E-state index contributed by atoms with van der Waals surface area (Å²) in [6, 6.07) is -0.550. The van der Waals surface area contributed by atoms with Crippen molar-refractivity contribution < 1.29 is 22.7 Å². The number of aromatic nitrogens is 1. The molecule has 0 radical (unpaired) electrons. The SMILES string of the molecule is CCC(NC(=O)C1(OC)CCNCC1)c1nc(C(F)(F)F)cs1.Cl. The van der Waals surface area contributed by atoms with Crippen LogP contribution in [0.25, 0.3) is 0 Å². The standard InChI is InChI=1S/C14H20F3N3O2S.ClH/c1-3-9(11-20-10(8-23-11)14(15,16)17)19-12(21)13(22-2)4-6-18-7-5-13;/h8-9,18H,3-7H2,1-2H3,(H,19,21);1H. The summed E-state index contributed by atoms with van der Waals surface area (Å²) in [5, 5.41) is 7.18. The molecule has 2 rings (SSSR count). The molecule has 1 atom stereocenters. The van der Waals surface area contributed by atoms with Gasteiger partial charge in [-0.15, -0.1) is 23.7 Å². The Morgan fingerprint density at radius 3 is 2.58 bits per heavy atom. The fourth-order valence-electron chi connectivity index (χ4n) is 2.56. The fraction of sp³-hybridized carbons (Fsp3) is 0.714. The largest absolute Gasteiger partial charge is 0.434 e. The lowest BCUT2D eigenvalue weighted by atomic mass is 9.90. The van der Waals surface area contributed by atoms with E-state index in [1.54, 1.807) is 6.92 Å². The van der Waals surface area contributed by atoms with Gasteiger partial charge in [0, 0.05) is 12.5 Å². The number of ether oxygens (including phenoxy) is 1. The van der Waals surface area contributed by atoms with Crippen LogP contribution in [0.4, 0.5) is 13.2 Å². The minimum atomic E-state index is -4.47. The second-order valence-electron chi connectivity index (χ2n) is 5.45. The molecule has 1 aliphatic heterocycles. The van der Waals surface area contributed by atoms with Crippen molar-refractivity contribution >= 4 is 29.7 Å². The Kier molecular flexibility index (Phi) is 7.45. The Morgan fingerprint density at radius 2 is 2.12 bits per heavy atom. The molecule has 0 saturated carbocycles. The van der Waals surface area contributed by atoms with E-state index in [0.717, 1.165) is 16.7 Å². The molecule has 0 bridgehead atoms. The quantitative estimate of drug-likeness (QED) is 0.815. The number of carbonyl (C=O) groups excluding carboxylic acids is 1. The number of alkyl halides is 3. The second-order valence-corrected chi connectivity index (χ2v) is 6.34. The van der Waals surface area contributed by atoms with E-state index in [-0.39, 0.29) is 23.3 Å². The maximum absolute atomic E-state index is 12.7. The molecule has 1 amide bonds. The summed E-state index contributed by atoms with van der Waals surface area (Å²) in [6.07, 6.45) is -2.97. The molecule has 1 unspecified atom stereocenters. The lowest BCUT2D eigenvalue weighted by molar-refractivity contribution is -0.147. The number of hydrogen-bond donors (Lipinski definition) is 2. The molecular formula is C14H21ClF3N3O2S. The molecule has 0 aliphatic carbocycles. The van der Waals surface area contributed by atoms with Gasteiger partial charge < -0.3 is 15.4 Å². The van der Waals surface area contributed by atoms with Crippen LogP contribution in [0.3, 0.4) is 0 Å². The van der Waals surface area contributed by atoms with Crippen LogP contribution in [0.5, 0.6) is 0 Å². The maximum atomic E-state index is 12.7. The smallest absolute Gasteiger partial charge is 0.368 e. The number of nitrogens with one attached hydrogen (secondary N) is 2. The third-order valence-corrected chi connectivity index (χ3v) is 5.00. The summed E-state index contributed by atoms with van der Waals surface area (Å²) in [4.78, 5) is 16.2. The highest BCUT2D eigenvalue weighted by molar-refractivity contribution is 7.09. The molecular weight excluding hydrogens is 367 g/mol. The van der Waals surface area contributed by atoms with Gasteiger partial charge in [-0.05, 0) is 32.4 Å². The van der Waals surface area contributed by atoms with Crippen LogP contribution in [-0.4, -0.2) is 36.7 Å². The minimum Gasteiger partial charge on any atom is -0.368 e. The Hall–Kier alpha value is -0.900. The highest BCUT2D eigenvalue weighted by Crippen LogP contribution is 2.33. The van der Waals surface area contributed by atoms with Crippen molar-refractivity contribution in [3.05, 3.63) is 16.1 Å². The van der Waals surface area contributed by atoms with Crippen molar-refractivity contribution in [3.63, 3.8) is 0 Å². The van der Waals surface area contributed by atoms with Gasteiger partial charge in [-0.2, -0.15) is 13.2 Å². The second kappa shape index (κ2) is 8.46. The molecule has 24 heavy (non-hydrogen) atoms. The first kappa shape index (κ1) is 21.1. The molecule has 1 saturated heterocycles. The molecule has 2 N–H and O–H groups in total. The Balaban J connectivity index is 0.00000288. The third-order valence-electron chi connectivity index (χ3n) is 4.04. The van der Waals surface area contributed by atoms with Gasteiger partial charge in [-0.25, -0.2) is 4.98 Å². The number of halogens is 4. The lowest BCUT2D eigenvalue weighted by Crippen LogP contribution is -2.54. The van der Waals surface area contributed by atoms with Gasteiger partial charge in [0.25, 0.3) is 5.91 Å². The van der Waals surface area contributed by atoms with Crippen LogP contribution in [-0.2, 0) is 15.7 Å². The van der Waals surface area contributed by atoms with Gasteiger partial charge in [-0.3, -0.25) is 4.79 Å². The van der Waals surface area contributed by atoms with Crippen LogP contribution < -0.4 is 10.6 Å². The zero-order valence-corrected chi connectivity index (χ0v) is 15.0. The van der Waals surface area contributed by atoms with E-state index in [2.05, 4.69) is 15.6 Å². The molecule has 138 valence electrons. The van der Waals surface area contributed by atoms with Crippen LogP contribution in [0.15, 0.2) is 5.38 Å². The molecule has 1 fully saturated rings. The molecule has 0 spiro atoms. The van der Waals surface area contributed by atoms with Crippen molar-refractivity contribution in [1.29, 1.82) is 0 Å². The van der Waals surface area contributed by atoms with Crippen molar-refractivity contribution in [2.24, 2.45) is 0 Å². The average molecular weight is 388 g/mol. The number of rotatable bonds is 5. The zero-order valence-electron chi connectivity index (χ0n) is 13.4. The van der Waals surface area contributed by atoms with Gasteiger partial charge in [0.2, 0.25) is 0 Å². The van der Waals surface area contributed by atoms with E-state index < -0.39 is 23.5 Å².